The van der Waals surface area contributed by atoms with Crippen molar-refractivity contribution >= 4 is 102 Å². The second-order valence-corrected chi connectivity index (χ2v) is 16.7. The Labute approximate surface area is 319 Å². The predicted octanol–water partition coefficient (Wildman–Crippen LogP) is 15.1. The number of hydrogen-bond donors (Lipinski definition) is 0. The first-order valence-corrected chi connectivity index (χ1v) is 20.0. The second kappa shape index (κ2) is 11.2. The van der Waals surface area contributed by atoms with E-state index in [4.69, 9.17) is 4.42 Å². The summed E-state index contributed by atoms with van der Waals surface area (Å²) in [7, 11) is 0. The molecule has 1 aliphatic carbocycles. The van der Waals surface area contributed by atoms with Gasteiger partial charge in [-0.2, -0.15) is 0 Å². The number of anilines is 3. The Balaban J connectivity index is 1.18. The molecule has 0 aliphatic heterocycles. The number of hydrogen-bond acceptors (Lipinski definition) is 4. The van der Waals surface area contributed by atoms with Crippen molar-refractivity contribution in [3.63, 3.8) is 0 Å². The molecule has 0 fully saturated rings. The minimum atomic E-state index is -0.428. The van der Waals surface area contributed by atoms with Crippen LogP contribution < -0.4 is 4.90 Å². The van der Waals surface area contributed by atoms with Crippen molar-refractivity contribution in [3.8, 4) is 11.1 Å². The first-order chi connectivity index (χ1) is 26.6. The summed E-state index contributed by atoms with van der Waals surface area (Å²) in [6.45, 7) is 2.41. The van der Waals surface area contributed by atoms with Crippen molar-refractivity contribution in [2.24, 2.45) is 0 Å². The van der Waals surface area contributed by atoms with Gasteiger partial charge in [0.25, 0.3) is 0 Å². The van der Waals surface area contributed by atoms with E-state index in [9.17, 15) is 0 Å². The van der Waals surface area contributed by atoms with Gasteiger partial charge in [0.15, 0.2) is 0 Å². The van der Waals surface area contributed by atoms with Crippen molar-refractivity contribution in [1.82, 2.24) is 0 Å². The fourth-order valence-corrected chi connectivity index (χ4v) is 11.5. The molecule has 0 spiro atoms. The number of rotatable bonds is 4. The van der Waals surface area contributed by atoms with Gasteiger partial charge in [-0.3, -0.25) is 0 Å². The summed E-state index contributed by atoms with van der Waals surface area (Å²) in [6.07, 6.45) is 0. The van der Waals surface area contributed by atoms with Crippen LogP contribution >= 0.6 is 22.7 Å². The molecule has 0 unspecified atom stereocenters. The minimum absolute atomic E-state index is 0.428. The zero-order valence-corrected chi connectivity index (χ0v) is 31.0. The van der Waals surface area contributed by atoms with E-state index in [1.54, 1.807) is 0 Å². The SMILES string of the molecule is CC1(c2cc(N(c3ccc4c(c3)sc3ccccc34)c3ccc4sc5ccccc5c4c3)cc3oc4ccccc4c23)c2ccccc2-c2ccccc21. The molecule has 0 radical (unpaired) electrons. The first kappa shape index (κ1) is 30.3. The van der Waals surface area contributed by atoms with Crippen molar-refractivity contribution in [2.75, 3.05) is 4.90 Å². The fourth-order valence-electron chi connectivity index (χ4n) is 9.26. The van der Waals surface area contributed by atoms with Gasteiger partial charge in [0.1, 0.15) is 11.2 Å². The van der Waals surface area contributed by atoms with Crippen molar-refractivity contribution < 1.29 is 4.42 Å². The maximum absolute atomic E-state index is 6.84. The maximum atomic E-state index is 6.84. The molecule has 3 aromatic heterocycles. The van der Waals surface area contributed by atoms with Gasteiger partial charge in [-0.25, -0.2) is 0 Å². The average molecular weight is 726 g/mol. The number of nitrogens with zero attached hydrogens (tertiary/aromatic N) is 1. The molecule has 12 rings (SSSR count). The molecule has 0 saturated heterocycles. The number of benzene rings is 8. The third-order valence-corrected chi connectivity index (χ3v) is 14.0. The Morgan fingerprint density at radius 2 is 0.963 bits per heavy atom. The Kier molecular flexibility index (Phi) is 6.26. The van der Waals surface area contributed by atoms with E-state index in [-0.39, 0.29) is 0 Å². The Bertz CT molecular complexity index is 3280. The molecule has 0 saturated carbocycles. The van der Waals surface area contributed by atoms with Gasteiger partial charge in [0, 0.05) is 74.0 Å². The van der Waals surface area contributed by atoms with Crippen LogP contribution in [0.15, 0.2) is 174 Å². The summed E-state index contributed by atoms with van der Waals surface area (Å²) in [6, 6.07) is 62.6. The van der Waals surface area contributed by atoms with Crippen LogP contribution in [0.2, 0.25) is 0 Å². The molecule has 11 aromatic rings. The van der Waals surface area contributed by atoms with Crippen molar-refractivity contribution in [1.29, 1.82) is 0 Å². The summed E-state index contributed by atoms with van der Waals surface area (Å²) in [5.41, 5.74) is 11.1. The number of thiophene rings is 2. The quantitative estimate of drug-likeness (QED) is 0.180. The molecule has 2 nitrogen and oxygen atoms in total. The number of para-hydroxylation sites is 1. The summed E-state index contributed by atoms with van der Waals surface area (Å²) in [5, 5.41) is 7.47. The lowest BCUT2D eigenvalue weighted by Crippen LogP contribution is -2.23. The normalized spacial score (nSPS) is 13.4. The van der Waals surface area contributed by atoms with Crippen LogP contribution in [0.5, 0.6) is 0 Å². The molecular formula is C50H31NOS2. The van der Waals surface area contributed by atoms with Gasteiger partial charge in [0.2, 0.25) is 0 Å². The summed E-state index contributed by atoms with van der Waals surface area (Å²) in [4.78, 5) is 2.45. The zero-order chi connectivity index (χ0) is 35.5. The molecule has 1 aliphatic rings. The van der Waals surface area contributed by atoms with E-state index in [1.807, 2.05) is 22.7 Å². The number of fused-ring (bicyclic) bond motifs is 12. The van der Waals surface area contributed by atoms with Crippen LogP contribution in [0, 0.1) is 0 Å². The summed E-state index contributed by atoms with van der Waals surface area (Å²) < 4.78 is 12.0. The highest BCUT2D eigenvalue weighted by Gasteiger charge is 2.42. The highest BCUT2D eigenvalue weighted by atomic mass is 32.1. The van der Waals surface area contributed by atoms with Gasteiger partial charge in [0.05, 0.1) is 5.69 Å². The van der Waals surface area contributed by atoms with E-state index in [0.29, 0.717) is 0 Å². The molecule has 0 N–H and O–H groups in total. The largest absolute Gasteiger partial charge is 0.456 e. The van der Waals surface area contributed by atoms with Crippen LogP contribution in [0.25, 0.3) is 73.4 Å². The predicted molar refractivity (Wildman–Crippen MR) is 232 cm³/mol. The minimum Gasteiger partial charge on any atom is -0.456 e. The van der Waals surface area contributed by atoms with Crippen LogP contribution in [0.1, 0.15) is 23.6 Å². The lowest BCUT2D eigenvalue weighted by molar-refractivity contribution is 0.666. The van der Waals surface area contributed by atoms with E-state index in [2.05, 4.69) is 182 Å². The van der Waals surface area contributed by atoms with Gasteiger partial charge >= 0.3 is 0 Å². The molecule has 3 heterocycles. The summed E-state index contributed by atoms with van der Waals surface area (Å²) >= 11 is 3.71. The van der Waals surface area contributed by atoms with Crippen LogP contribution in [0.3, 0.4) is 0 Å². The molecule has 0 atom stereocenters. The van der Waals surface area contributed by atoms with E-state index in [1.165, 1.54) is 73.5 Å². The monoisotopic (exact) mass is 725 g/mol. The smallest absolute Gasteiger partial charge is 0.137 e. The lowest BCUT2D eigenvalue weighted by atomic mass is 9.72. The van der Waals surface area contributed by atoms with Gasteiger partial charge < -0.3 is 9.32 Å². The topological polar surface area (TPSA) is 16.4 Å². The maximum Gasteiger partial charge on any atom is 0.137 e. The fraction of sp³-hybridized carbons (Fsp3) is 0.0400. The highest BCUT2D eigenvalue weighted by molar-refractivity contribution is 7.26. The van der Waals surface area contributed by atoms with Crippen molar-refractivity contribution in [3.05, 3.63) is 187 Å². The highest BCUT2D eigenvalue weighted by Crippen LogP contribution is 2.56. The molecule has 0 amide bonds. The van der Waals surface area contributed by atoms with E-state index in [0.717, 1.165) is 33.6 Å². The molecule has 254 valence electrons. The molecule has 8 aromatic carbocycles. The molecule has 0 bridgehead atoms. The second-order valence-electron chi connectivity index (χ2n) is 14.6. The van der Waals surface area contributed by atoms with E-state index >= 15 is 0 Å². The Morgan fingerprint density at radius 3 is 1.72 bits per heavy atom. The average Bonchev–Trinajstić information content (AvgIpc) is 3.96. The van der Waals surface area contributed by atoms with E-state index < -0.39 is 5.41 Å². The van der Waals surface area contributed by atoms with Gasteiger partial charge in [-0.1, -0.05) is 109 Å². The molecular weight excluding hydrogens is 695 g/mol. The zero-order valence-electron chi connectivity index (χ0n) is 29.3. The summed E-state index contributed by atoms with van der Waals surface area (Å²) in [5.74, 6) is 0. The third-order valence-electron chi connectivity index (χ3n) is 11.7. The van der Waals surface area contributed by atoms with Crippen LogP contribution in [0.4, 0.5) is 17.1 Å². The van der Waals surface area contributed by atoms with Gasteiger partial charge in [-0.15, -0.1) is 22.7 Å². The molecule has 4 heteroatoms. The Hall–Kier alpha value is -6.20. The van der Waals surface area contributed by atoms with Crippen LogP contribution in [-0.4, -0.2) is 0 Å². The number of furan rings is 1. The Morgan fingerprint density at radius 1 is 0.407 bits per heavy atom. The molecule has 54 heavy (non-hydrogen) atoms. The first-order valence-electron chi connectivity index (χ1n) is 18.4. The van der Waals surface area contributed by atoms with Gasteiger partial charge in [-0.05, 0) is 89.3 Å². The third kappa shape index (κ3) is 4.15. The standard InChI is InChI=1S/C50H31NOS2/c1-50(40-17-7-2-12-33(40)34-13-3-8-18-41(34)50)42-27-32(28-44-49(42)38-16-4-9-19-43(38)52-44)51(30-23-25-47-39(26-30)36-15-6-11-21-46(36)53-47)31-22-24-37-35-14-5-10-20-45(35)54-48(37)29-31/h2-29H,1H3. The van der Waals surface area contributed by atoms with Crippen LogP contribution in [-0.2, 0) is 5.41 Å². The van der Waals surface area contributed by atoms with Crippen molar-refractivity contribution in [2.45, 2.75) is 12.3 Å². The lowest BCUT2D eigenvalue weighted by Gasteiger charge is -2.32.